The number of aliphatic hydroxyl groups excluding tert-OH is 1. The molecule has 0 amide bonds. The Balaban J connectivity index is 2.58. The van der Waals surface area contributed by atoms with Crippen LogP contribution in [-0.4, -0.2) is 17.4 Å². The number of hydrogen-bond donors (Lipinski definition) is 2. The van der Waals surface area contributed by atoms with E-state index in [0.717, 1.165) is 5.56 Å². The zero-order chi connectivity index (χ0) is 8.10. The molecule has 1 aromatic carbocycles. The number of benzene rings is 1. The molecule has 0 aliphatic carbocycles. The van der Waals surface area contributed by atoms with E-state index in [9.17, 15) is 0 Å². The van der Waals surface area contributed by atoms with Gasteiger partial charge >= 0.3 is 0 Å². The van der Waals surface area contributed by atoms with E-state index in [1.54, 1.807) is 0 Å². The molecule has 0 atom stereocenters. The second-order valence-corrected chi connectivity index (χ2v) is 2.42. The van der Waals surface area contributed by atoms with E-state index in [-0.39, 0.29) is 6.61 Å². The van der Waals surface area contributed by atoms with Gasteiger partial charge in [0, 0.05) is 12.1 Å². The first-order valence-electron chi connectivity index (χ1n) is 3.54. The van der Waals surface area contributed by atoms with Crippen LogP contribution in [0.1, 0.15) is 5.56 Å². The highest BCUT2D eigenvalue weighted by molar-refractivity contribution is 5.84. The lowest BCUT2D eigenvalue weighted by Gasteiger charge is -1.98. The van der Waals surface area contributed by atoms with Gasteiger partial charge in [-0.1, -0.05) is 30.3 Å². The fourth-order valence-corrected chi connectivity index (χ4v) is 0.898. The van der Waals surface area contributed by atoms with E-state index in [1.807, 2.05) is 30.3 Å². The maximum atomic E-state index is 8.57. The zero-order valence-electron chi connectivity index (χ0n) is 6.25. The maximum absolute atomic E-state index is 8.57. The summed E-state index contributed by atoms with van der Waals surface area (Å²) in [6, 6.07) is 9.69. The van der Waals surface area contributed by atoms with Gasteiger partial charge in [-0.3, -0.25) is 0 Å². The molecule has 1 rings (SSSR count). The molecule has 0 aromatic heterocycles. The molecule has 1 aromatic rings. The molecule has 0 fully saturated rings. The third kappa shape index (κ3) is 2.51. The van der Waals surface area contributed by atoms with Gasteiger partial charge in [0.05, 0.1) is 6.61 Å². The lowest BCUT2D eigenvalue weighted by molar-refractivity contribution is 0.354. The fraction of sp³-hybridized carbons (Fsp3) is 0.222. The predicted molar refractivity (Wildman–Crippen MR) is 45.0 cm³/mol. The van der Waals surface area contributed by atoms with Gasteiger partial charge in [0.1, 0.15) is 0 Å². The van der Waals surface area contributed by atoms with Crippen LogP contribution < -0.4 is 0 Å². The maximum Gasteiger partial charge on any atom is 0.0810 e. The Labute approximate surface area is 66.0 Å². The van der Waals surface area contributed by atoms with Crippen LogP contribution in [0.15, 0.2) is 30.3 Å². The molecule has 11 heavy (non-hydrogen) atoms. The summed E-state index contributed by atoms with van der Waals surface area (Å²) in [6.07, 6.45) is 0.553. The Morgan fingerprint density at radius 1 is 1.27 bits per heavy atom. The monoisotopic (exact) mass is 149 g/mol. The summed E-state index contributed by atoms with van der Waals surface area (Å²) < 4.78 is 0. The van der Waals surface area contributed by atoms with Gasteiger partial charge in [0.25, 0.3) is 0 Å². The van der Waals surface area contributed by atoms with Crippen molar-refractivity contribution in [1.82, 2.24) is 0 Å². The molecule has 0 heterocycles. The third-order valence-corrected chi connectivity index (χ3v) is 1.45. The molecular formula is C9H11NO. The smallest absolute Gasteiger partial charge is 0.0810 e. The number of hydrogen-bond acceptors (Lipinski definition) is 2. The molecule has 0 spiro atoms. The van der Waals surface area contributed by atoms with Crippen LogP contribution in [-0.2, 0) is 6.42 Å². The lowest BCUT2D eigenvalue weighted by atomic mass is 10.1. The van der Waals surface area contributed by atoms with Crippen molar-refractivity contribution < 1.29 is 5.11 Å². The van der Waals surface area contributed by atoms with E-state index in [4.69, 9.17) is 10.5 Å². The summed E-state index contributed by atoms with van der Waals surface area (Å²) in [4.78, 5) is 0. The first-order valence-corrected chi connectivity index (χ1v) is 3.54. The van der Waals surface area contributed by atoms with Gasteiger partial charge < -0.3 is 10.5 Å². The van der Waals surface area contributed by atoms with Gasteiger partial charge in [0.2, 0.25) is 0 Å². The largest absolute Gasteiger partial charge is 0.390 e. The minimum absolute atomic E-state index is 0.144. The van der Waals surface area contributed by atoms with Crippen LogP contribution in [0.5, 0.6) is 0 Å². The summed E-state index contributed by atoms with van der Waals surface area (Å²) in [7, 11) is 0. The Kier molecular flexibility index (Phi) is 2.81. The van der Waals surface area contributed by atoms with Crippen LogP contribution in [0.3, 0.4) is 0 Å². The molecule has 0 bridgehead atoms. The Morgan fingerprint density at radius 3 is 2.45 bits per heavy atom. The van der Waals surface area contributed by atoms with E-state index >= 15 is 0 Å². The molecule has 0 radical (unpaired) electrons. The van der Waals surface area contributed by atoms with Crippen LogP contribution in [0.25, 0.3) is 0 Å². The van der Waals surface area contributed by atoms with Crippen molar-refractivity contribution >= 4 is 5.71 Å². The molecule has 2 N–H and O–H groups in total. The molecule has 58 valence electrons. The van der Waals surface area contributed by atoms with Crippen molar-refractivity contribution in [3.8, 4) is 0 Å². The summed E-state index contributed by atoms with van der Waals surface area (Å²) in [5, 5.41) is 15.8. The molecular weight excluding hydrogens is 138 g/mol. The molecule has 0 aliphatic heterocycles. The predicted octanol–water partition coefficient (Wildman–Crippen LogP) is 1.24. The van der Waals surface area contributed by atoms with Crippen LogP contribution in [0.4, 0.5) is 0 Å². The first-order chi connectivity index (χ1) is 5.33. The second-order valence-electron chi connectivity index (χ2n) is 2.42. The lowest BCUT2D eigenvalue weighted by Crippen LogP contribution is -2.05. The van der Waals surface area contributed by atoms with Crippen molar-refractivity contribution in [3.05, 3.63) is 35.9 Å². The zero-order valence-corrected chi connectivity index (χ0v) is 6.25. The van der Waals surface area contributed by atoms with E-state index in [2.05, 4.69) is 0 Å². The minimum Gasteiger partial charge on any atom is -0.390 e. The topological polar surface area (TPSA) is 44.1 Å². The Morgan fingerprint density at radius 2 is 1.91 bits per heavy atom. The van der Waals surface area contributed by atoms with Crippen molar-refractivity contribution in [2.75, 3.05) is 6.61 Å². The fourth-order valence-electron chi connectivity index (χ4n) is 0.898. The normalized spacial score (nSPS) is 9.55. The van der Waals surface area contributed by atoms with Crippen molar-refractivity contribution in [1.29, 1.82) is 5.41 Å². The molecule has 0 saturated carbocycles. The molecule has 0 saturated heterocycles. The van der Waals surface area contributed by atoms with E-state index < -0.39 is 0 Å². The Bertz CT molecular complexity index is 231. The number of rotatable bonds is 3. The number of nitrogens with one attached hydrogen (secondary N) is 1. The van der Waals surface area contributed by atoms with Crippen molar-refractivity contribution in [3.63, 3.8) is 0 Å². The molecule has 0 unspecified atom stereocenters. The second kappa shape index (κ2) is 3.88. The van der Waals surface area contributed by atoms with Gasteiger partial charge in [-0.2, -0.15) is 0 Å². The summed E-state index contributed by atoms with van der Waals surface area (Å²) >= 11 is 0. The highest BCUT2D eigenvalue weighted by atomic mass is 16.3. The van der Waals surface area contributed by atoms with Crippen LogP contribution in [0.2, 0.25) is 0 Å². The summed E-state index contributed by atoms with van der Waals surface area (Å²) in [5.74, 6) is 0. The quantitative estimate of drug-likeness (QED) is 0.624. The average molecular weight is 149 g/mol. The van der Waals surface area contributed by atoms with E-state index in [0.29, 0.717) is 12.1 Å². The van der Waals surface area contributed by atoms with Crippen molar-refractivity contribution in [2.45, 2.75) is 6.42 Å². The summed E-state index contributed by atoms with van der Waals surface area (Å²) in [5.41, 5.74) is 1.43. The summed E-state index contributed by atoms with van der Waals surface area (Å²) in [6.45, 7) is -0.144. The molecule has 2 heteroatoms. The average Bonchev–Trinajstić information content (AvgIpc) is 2.06. The van der Waals surface area contributed by atoms with Crippen LogP contribution >= 0.6 is 0 Å². The van der Waals surface area contributed by atoms with Gasteiger partial charge in [0.15, 0.2) is 0 Å². The Hall–Kier alpha value is -1.15. The highest BCUT2D eigenvalue weighted by Crippen LogP contribution is 1.99. The minimum atomic E-state index is -0.144. The number of aliphatic hydroxyl groups is 1. The van der Waals surface area contributed by atoms with Crippen molar-refractivity contribution in [2.24, 2.45) is 0 Å². The SMILES string of the molecule is N=C(CO)Cc1ccccc1. The molecule has 2 nitrogen and oxygen atoms in total. The van der Waals surface area contributed by atoms with Gasteiger partial charge in [-0.15, -0.1) is 0 Å². The van der Waals surface area contributed by atoms with E-state index in [1.165, 1.54) is 0 Å². The van der Waals surface area contributed by atoms with Gasteiger partial charge in [-0.25, -0.2) is 0 Å². The molecule has 0 aliphatic rings. The highest BCUT2D eigenvalue weighted by Gasteiger charge is 1.95. The van der Waals surface area contributed by atoms with Gasteiger partial charge in [-0.05, 0) is 5.56 Å². The van der Waals surface area contributed by atoms with Crippen LogP contribution in [0, 0.1) is 5.41 Å². The third-order valence-electron chi connectivity index (χ3n) is 1.45. The standard InChI is InChI=1S/C9H11NO/c10-9(7-11)6-8-4-2-1-3-5-8/h1-5,10-11H,6-7H2. The first kappa shape index (κ1) is 7.95.